The summed E-state index contributed by atoms with van der Waals surface area (Å²) in [6.45, 7) is 9.61. The van der Waals surface area contributed by atoms with Crippen molar-refractivity contribution in [3.05, 3.63) is 69.2 Å². The molecule has 2 heteroatoms. The molecule has 0 fully saturated rings. The van der Waals surface area contributed by atoms with Crippen molar-refractivity contribution in [2.75, 3.05) is 0 Å². The maximum absolute atomic E-state index is 6.10. The minimum absolute atomic E-state index is 0.338. The molecule has 0 aliphatic rings. The first-order chi connectivity index (χ1) is 10.0. The monoisotopic (exact) mass is 301 g/mol. The zero-order valence-corrected chi connectivity index (χ0v) is 14.1. The molecule has 2 aromatic rings. The van der Waals surface area contributed by atoms with Crippen molar-refractivity contribution in [1.29, 1.82) is 0 Å². The lowest BCUT2D eigenvalue weighted by Crippen LogP contribution is -2.20. The van der Waals surface area contributed by atoms with E-state index in [9.17, 15) is 0 Å². The van der Waals surface area contributed by atoms with Gasteiger partial charge in [0.05, 0.1) is 0 Å². The number of benzene rings is 2. The van der Waals surface area contributed by atoms with Gasteiger partial charge in [0.25, 0.3) is 0 Å². The van der Waals surface area contributed by atoms with Gasteiger partial charge in [0.1, 0.15) is 0 Å². The van der Waals surface area contributed by atoms with Crippen LogP contribution in [0.3, 0.4) is 0 Å². The second-order valence-electron chi connectivity index (χ2n) is 5.76. The number of aryl methyl sites for hydroxylation is 3. The summed E-state index contributed by atoms with van der Waals surface area (Å²) in [5, 5.41) is 4.46. The van der Waals surface area contributed by atoms with E-state index < -0.39 is 0 Å². The van der Waals surface area contributed by atoms with E-state index >= 15 is 0 Å². The lowest BCUT2D eigenvalue weighted by atomic mass is 9.99. The summed E-state index contributed by atoms with van der Waals surface area (Å²) < 4.78 is 0. The molecule has 0 saturated heterocycles. The Hall–Kier alpha value is -1.31. The molecule has 2 rings (SSSR count). The third-order valence-electron chi connectivity index (χ3n) is 4.15. The predicted molar refractivity (Wildman–Crippen MR) is 92.0 cm³/mol. The van der Waals surface area contributed by atoms with Gasteiger partial charge in [0.15, 0.2) is 0 Å². The van der Waals surface area contributed by atoms with E-state index in [0.29, 0.717) is 6.04 Å². The first-order valence-electron chi connectivity index (χ1n) is 7.56. The minimum atomic E-state index is 0.338. The Balaban J connectivity index is 2.12. The van der Waals surface area contributed by atoms with Gasteiger partial charge < -0.3 is 5.32 Å². The van der Waals surface area contributed by atoms with Gasteiger partial charge in [-0.15, -0.1) is 0 Å². The zero-order valence-electron chi connectivity index (χ0n) is 13.3. The topological polar surface area (TPSA) is 12.0 Å². The van der Waals surface area contributed by atoms with Crippen molar-refractivity contribution < 1.29 is 0 Å². The number of hydrogen-bond acceptors (Lipinski definition) is 1. The fraction of sp³-hybridized carbons (Fsp3) is 0.368. The van der Waals surface area contributed by atoms with E-state index in [-0.39, 0.29) is 0 Å². The van der Waals surface area contributed by atoms with Crippen LogP contribution in [0, 0.1) is 20.8 Å². The van der Waals surface area contributed by atoms with Gasteiger partial charge in [-0.3, -0.25) is 0 Å². The van der Waals surface area contributed by atoms with Crippen LogP contribution in [0.25, 0.3) is 0 Å². The van der Waals surface area contributed by atoms with Crippen LogP contribution in [0.5, 0.6) is 0 Å². The second-order valence-corrected chi connectivity index (χ2v) is 6.20. The standard InChI is InChI=1S/C19H24ClN/c1-5-19(16-7-6-8-18(20)11-16)21-12-17-10-14(3)13(2)9-15(17)4/h6-11,19,21H,5,12H2,1-4H3. The maximum Gasteiger partial charge on any atom is 0.0409 e. The number of halogens is 1. The first kappa shape index (κ1) is 16.1. The van der Waals surface area contributed by atoms with Crippen LogP contribution in [-0.2, 0) is 6.54 Å². The average Bonchev–Trinajstić information content (AvgIpc) is 2.45. The molecule has 0 aliphatic carbocycles. The summed E-state index contributed by atoms with van der Waals surface area (Å²) in [7, 11) is 0. The van der Waals surface area contributed by atoms with Crippen LogP contribution in [0.1, 0.15) is 47.2 Å². The molecule has 1 unspecified atom stereocenters. The highest BCUT2D eigenvalue weighted by molar-refractivity contribution is 6.30. The van der Waals surface area contributed by atoms with Gasteiger partial charge in [-0.05, 0) is 67.1 Å². The molecule has 0 aliphatic heterocycles. The number of rotatable bonds is 5. The van der Waals surface area contributed by atoms with E-state index in [0.717, 1.165) is 18.0 Å². The van der Waals surface area contributed by atoms with Crippen molar-refractivity contribution in [2.45, 2.75) is 46.7 Å². The molecule has 1 atom stereocenters. The van der Waals surface area contributed by atoms with E-state index in [2.05, 4.69) is 57.3 Å². The Kier molecular flexibility index (Phi) is 5.44. The van der Waals surface area contributed by atoms with Crippen LogP contribution in [0.15, 0.2) is 36.4 Å². The highest BCUT2D eigenvalue weighted by Crippen LogP contribution is 2.22. The van der Waals surface area contributed by atoms with E-state index in [1.54, 1.807) is 0 Å². The van der Waals surface area contributed by atoms with Crippen LogP contribution < -0.4 is 5.32 Å². The third kappa shape index (κ3) is 4.09. The van der Waals surface area contributed by atoms with E-state index in [4.69, 9.17) is 11.6 Å². The summed E-state index contributed by atoms with van der Waals surface area (Å²) in [6, 6.07) is 13.0. The van der Waals surface area contributed by atoms with Crippen LogP contribution in [0.4, 0.5) is 0 Å². The van der Waals surface area contributed by atoms with Crippen molar-refractivity contribution in [1.82, 2.24) is 5.32 Å². The van der Waals surface area contributed by atoms with Crippen molar-refractivity contribution in [3.8, 4) is 0 Å². The minimum Gasteiger partial charge on any atom is -0.306 e. The highest BCUT2D eigenvalue weighted by atomic mass is 35.5. The van der Waals surface area contributed by atoms with Gasteiger partial charge in [0, 0.05) is 17.6 Å². The molecule has 0 spiro atoms. The summed E-state index contributed by atoms with van der Waals surface area (Å²) >= 11 is 6.10. The summed E-state index contributed by atoms with van der Waals surface area (Å²) in [4.78, 5) is 0. The SMILES string of the molecule is CCC(NCc1cc(C)c(C)cc1C)c1cccc(Cl)c1. The predicted octanol–water partition coefficient (Wildman–Crippen LogP) is 5.51. The van der Waals surface area contributed by atoms with Crippen LogP contribution in [0.2, 0.25) is 5.02 Å². The first-order valence-corrected chi connectivity index (χ1v) is 7.94. The summed E-state index contributed by atoms with van der Waals surface area (Å²) in [5.41, 5.74) is 6.70. The zero-order chi connectivity index (χ0) is 15.4. The van der Waals surface area contributed by atoms with Gasteiger partial charge in [-0.25, -0.2) is 0 Å². The largest absolute Gasteiger partial charge is 0.306 e. The second kappa shape index (κ2) is 7.11. The molecule has 0 radical (unpaired) electrons. The molecular formula is C19H24ClN. The Bertz CT molecular complexity index is 619. The fourth-order valence-corrected chi connectivity index (χ4v) is 2.86. The molecule has 1 N–H and O–H groups in total. The lowest BCUT2D eigenvalue weighted by Gasteiger charge is -2.19. The van der Waals surface area contributed by atoms with Gasteiger partial charge in [-0.2, -0.15) is 0 Å². The van der Waals surface area contributed by atoms with E-state index in [1.165, 1.54) is 27.8 Å². The maximum atomic E-state index is 6.10. The molecule has 112 valence electrons. The normalized spacial score (nSPS) is 12.4. The molecule has 0 aromatic heterocycles. The highest BCUT2D eigenvalue weighted by Gasteiger charge is 2.10. The third-order valence-corrected chi connectivity index (χ3v) is 4.39. The molecule has 21 heavy (non-hydrogen) atoms. The molecule has 0 bridgehead atoms. The molecule has 1 nitrogen and oxygen atoms in total. The fourth-order valence-electron chi connectivity index (χ4n) is 2.67. The Morgan fingerprint density at radius 2 is 1.71 bits per heavy atom. The summed E-state index contributed by atoms with van der Waals surface area (Å²) in [6.07, 6.45) is 1.05. The lowest BCUT2D eigenvalue weighted by molar-refractivity contribution is 0.518. The van der Waals surface area contributed by atoms with Crippen molar-refractivity contribution in [3.63, 3.8) is 0 Å². The summed E-state index contributed by atoms with van der Waals surface area (Å²) in [5.74, 6) is 0. The molecule has 0 heterocycles. The Labute approximate surface area is 133 Å². The van der Waals surface area contributed by atoms with E-state index in [1.807, 2.05) is 12.1 Å². The van der Waals surface area contributed by atoms with Gasteiger partial charge in [0.2, 0.25) is 0 Å². The Morgan fingerprint density at radius 1 is 1.00 bits per heavy atom. The van der Waals surface area contributed by atoms with Gasteiger partial charge in [-0.1, -0.05) is 42.8 Å². The molecule has 0 saturated carbocycles. The van der Waals surface area contributed by atoms with Crippen LogP contribution in [-0.4, -0.2) is 0 Å². The molecule has 2 aromatic carbocycles. The van der Waals surface area contributed by atoms with Crippen molar-refractivity contribution >= 4 is 11.6 Å². The smallest absolute Gasteiger partial charge is 0.0409 e. The Morgan fingerprint density at radius 3 is 2.38 bits per heavy atom. The van der Waals surface area contributed by atoms with Crippen molar-refractivity contribution in [2.24, 2.45) is 0 Å². The molecular weight excluding hydrogens is 278 g/mol. The number of nitrogens with one attached hydrogen (secondary N) is 1. The van der Waals surface area contributed by atoms with Gasteiger partial charge >= 0.3 is 0 Å². The average molecular weight is 302 g/mol. The van der Waals surface area contributed by atoms with Crippen LogP contribution >= 0.6 is 11.6 Å². The molecule has 0 amide bonds. The number of hydrogen-bond donors (Lipinski definition) is 1. The quantitative estimate of drug-likeness (QED) is 0.768.